The van der Waals surface area contributed by atoms with E-state index in [1.165, 1.54) is 22.8 Å². The van der Waals surface area contributed by atoms with Gasteiger partial charge < -0.3 is 14.6 Å². The van der Waals surface area contributed by atoms with Gasteiger partial charge in [0, 0.05) is 23.4 Å². The van der Waals surface area contributed by atoms with Crippen LogP contribution in [-0.4, -0.2) is 22.9 Å². The highest BCUT2D eigenvalue weighted by atomic mass is 19.1. The van der Waals surface area contributed by atoms with Gasteiger partial charge in [0.25, 0.3) is 5.56 Å². The molecule has 0 amide bonds. The standard InChI is InChI=1S/C23H24FNO4/c1-23(2,15-26)16-29-20-9-7-19(8-10-20)25-12-11-21(13-22(25)27)28-14-17-3-5-18(24)6-4-17/h3-13,26H,14-16H2,1-2H3. The van der Waals surface area contributed by atoms with Crippen molar-refractivity contribution >= 4 is 0 Å². The zero-order valence-corrected chi connectivity index (χ0v) is 16.5. The molecule has 0 radical (unpaired) electrons. The Morgan fingerprint density at radius 3 is 2.28 bits per heavy atom. The van der Waals surface area contributed by atoms with Crippen molar-refractivity contribution in [3.63, 3.8) is 0 Å². The number of nitrogens with zero attached hydrogens (tertiary/aromatic N) is 1. The number of aromatic nitrogens is 1. The fourth-order valence-electron chi connectivity index (χ4n) is 2.54. The topological polar surface area (TPSA) is 60.7 Å². The van der Waals surface area contributed by atoms with Crippen LogP contribution in [0.5, 0.6) is 11.5 Å². The first-order chi connectivity index (χ1) is 13.9. The maximum atomic E-state index is 12.9. The van der Waals surface area contributed by atoms with Crippen LogP contribution in [0.3, 0.4) is 0 Å². The second kappa shape index (κ2) is 8.92. The van der Waals surface area contributed by atoms with E-state index in [1.54, 1.807) is 48.7 Å². The lowest BCUT2D eigenvalue weighted by Crippen LogP contribution is -2.25. The summed E-state index contributed by atoms with van der Waals surface area (Å²) in [6, 6.07) is 16.3. The molecule has 29 heavy (non-hydrogen) atoms. The van der Waals surface area contributed by atoms with Gasteiger partial charge in [0.1, 0.15) is 23.9 Å². The highest BCUT2D eigenvalue weighted by Crippen LogP contribution is 2.20. The van der Waals surface area contributed by atoms with Crippen molar-refractivity contribution < 1.29 is 19.0 Å². The first kappa shape index (κ1) is 20.6. The van der Waals surface area contributed by atoms with E-state index in [2.05, 4.69) is 0 Å². The number of ether oxygens (including phenoxy) is 2. The molecule has 0 aliphatic heterocycles. The van der Waals surface area contributed by atoms with Gasteiger partial charge in [-0.25, -0.2) is 4.39 Å². The Labute approximate surface area is 169 Å². The maximum absolute atomic E-state index is 12.9. The van der Waals surface area contributed by atoms with Crippen LogP contribution < -0.4 is 15.0 Å². The van der Waals surface area contributed by atoms with Crippen molar-refractivity contribution in [2.75, 3.05) is 13.2 Å². The van der Waals surface area contributed by atoms with Crippen LogP contribution in [0.15, 0.2) is 71.7 Å². The van der Waals surface area contributed by atoms with Gasteiger partial charge in [-0.15, -0.1) is 0 Å². The van der Waals surface area contributed by atoms with Crippen molar-refractivity contribution in [1.82, 2.24) is 4.57 Å². The molecule has 6 heteroatoms. The van der Waals surface area contributed by atoms with Gasteiger partial charge in [0.15, 0.2) is 0 Å². The van der Waals surface area contributed by atoms with E-state index >= 15 is 0 Å². The molecule has 0 saturated heterocycles. The molecular weight excluding hydrogens is 373 g/mol. The van der Waals surface area contributed by atoms with Crippen LogP contribution in [-0.2, 0) is 6.61 Å². The maximum Gasteiger partial charge on any atom is 0.258 e. The highest BCUT2D eigenvalue weighted by Gasteiger charge is 2.17. The third-order valence-corrected chi connectivity index (χ3v) is 4.38. The van der Waals surface area contributed by atoms with Gasteiger partial charge in [0.2, 0.25) is 0 Å². The first-order valence-corrected chi connectivity index (χ1v) is 9.30. The molecule has 0 unspecified atom stereocenters. The Hall–Kier alpha value is -3.12. The molecule has 3 aromatic rings. The minimum atomic E-state index is -0.320. The minimum absolute atomic E-state index is 0.0378. The van der Waals surface area contributed by atoms with Crippen molar-refractivity contribution in [2.24, 2.45) is 5.41 Å². The molecular formula is C23H24FNO4. The molecule has 152 valence electrons. The molecule has 1 N–H and O–H groups in total. The molecule has 0 fully saturated rings. The van der Waals surface area contributed by atoms with E-state index in [9.17, 15) is 14.3 Å². The average Bonchev–Trinajstić information content (AvgIpc) is 2.72. The summed E-state index contributed by atoms with van der Waals surface area (Å²) < 4.78 is 25.8. The van der Waals surface area contributed by atoms with E-state index in [-0.39, 0.29) is 30.0 Å². The zero-order chi connectivity index (χ0) is 20.9. The summed E-state index contributed by atoms with van der Waals surface area (Å²) in [5.41, 5.74) is 0.973. The van der Waals surface area contributed by atoms with E-state index in [0.29, 0.717) is 23.8 Å². The van der Waals surface area contributed by atoms with Crippen LogP contribution in [0.4, 0.5) is 4.39 Å². The smallest absolute Gasteiger partial charge is 0.258 e. The van der Waals surface area contributed by atoms with Crippen LogP contribution in [0.25, 0.3) is 5.69 Å². The summed E-state index contributed by atoms with van der Waals surface area (Å²) in [5, 5.41) is 9.29. The zero-order valence-electron chi connectivity index (χ0n) is 16.5. The Balaban J connectivity index is 1.65. The van der Waals surface area contributed by atoms with Gasteiger partial charge >= 0.3 is 0 Å². The summed E-state index contributed by atoms with van der Waals surface area (Å²) >= 11 is 0. The normalized spacial score (nSPS) is 11.3. The Kier molecular flexibility index (Phi) is 6.34. The highest BCUT2D eigenvalue weighted by molar-refractivity contribution is 5.38. The van der Waals surface area contributed by atoms with Gasteiger partial charge in [-0.1, -0.05) is 26.0 Å². The van der Waals surface area contributed by atoms with Crippen molar-refractivity contribution in [2.45, 2.75) is 20.5 Å². The molecule has 0 bridgehead atoms. The SMILES string of the molecule is CC(C)(CO)COc1ccc(-n2ccc(OCc3ccc(F)cc3)cc2=O)cc1. The molecule has 1 aromatic heterocycles. The van der Waals surface area contributed by atoms with E-state index in [1.807, 2.05) is 13.8 Å². The van der Waals surface area contributed by atoms with Crippen LogP contribution in [0.1, 0.15) is 19.4 Å². The minimum Gasteiger partial charge on any atom is -0.493 e. The van der Waals surface area contributed by atoms with E-state index in [4.69, 9.17) is 9.47 Å². The number of rotatable bonds is 8. The number of aliphatic hydroxyl groups excluding tert-OH is 1. The van der Waals surface area contributed by atoms with Crippen LogP contribution in [0.2, 0.25) is 0 Å². The molecule has 0 aliphatic carbocycles. The predicted octanol–water partition coefficient (Wildman–Crippen LogP) is 3.95. The fraction of sp³-hybridized carbons (Fsp3) is 0.261. The lowest BCUT2D eigenvalue weighted by atomic mass is 9.97. The number of halogens is 1. The van der Waals surface area contributed by atoms with Crippen molar-refractivity contribution in [1.29, 1.82) is 0 Å². The van der Waals surface area contributed by atoms with Gasteiger partial charge in [-0.3, -0.25) is 9.36 Å². The molecule has 0 spiro atoms. The lowest BCUT2D eigenvalue weighted by Gasteiger charge is -2.21. The monoisotopic (exact) mass is 397 g/mol. The Morgan fingerprint density at radius 1 is 0.966 bits per heavy atom. The predicted molar refractivity (Wildman–Crippen MR) is 109 cm³/mol. The van der Waals surface area contributed by atoms with Crippen LogP contribution >= 0.6 is 0 Å². The number of benzene rings is 2. The molecule has 5 nitrogen and oxygen atoms in total. The Morgan fingerprint density at radius 2 is 1.66 bits per heavy atom. The molecule has 0 aliphatic rings. The lowest BCUT2D eigenvalue weighted by molar-refractivity contribution is 0.0975. The third kappa shape index (κ3) is 5.68. The second-order valence-corrected chi connectivity index (χ2v) is 7.59. The first-order valence-electron chi connectivity index (χ1n) is 9.30. The van der Waals surface area contributed by atoms with Gasteiger partial charge in [-0.05, 0) is 48.0 Å². The largest absolute Gasteiger partial charge is 0.493 e. The van der Waals surface area contributed by atoms with Crippen molar-refractivity contribution in [3.8, 4) is 17.2 Å². The number of hydrogen-bond acceptors (Lipinski definition) is 4. The van der Waals surface area contributed by atoms with Gasteiger partial charge in [0.05, 0.1) is 13.2 Å². The fourth-order valence-corrected chi connectivity index (χ4v) is 2.54. The molecule has 0 atom stereocenters. The summed E-state index contributed by atoms with van der Waals surface area (Å²) in [5.74, 6) is 0.814. The molecule has 0 saturated carbocycles. The quantitative estimate of drug-likeness (QED) is 0.625. The summed E-state index contributed by atoms with van der Waals surface area (Å²) in [7, 11) is 0. The summed E-state index contributed by atoms with van der Waals surface area (Å²) in [6.07, 6.45) is 1.65. The average molecular weight is 397 g/mol. The molecule has 2 aromatic carbocycles. The number of aliphatic hydroxyl groups is 1. The summed E-state index contributed by atoms with van der Waals surface area (Å²) in [4.78, 5) is 12.5. The number of hydrogen-bond donors (Lipinski definition) is 1. The number of pyridine rings is 1. The van der Waals surface area contributed by atoms with Gasteiger partial charge in [-0.2, -0.15) is 0 Å². The summed E-state index contributed by atoms with van der Waals surface area (Å²) in [6.45, 7) is 4.51. The Bertz CT molecular complexity index is 995. The van der Waals surface area contributed by atoms with Crippen LogP contribution in [0, 0.1) is 11.2 Å². The molecule has 3 rings (SSSR count). The van der Waals surface area contributed by atoms with E-state index in [0.717, 1.165) is 5.56 Å². The van der Waals surface area contributed by atoms with E-state index < -0.39 is 0 Å². The second-order valence-electron chi connectivity index (χ2n) is 7.59. The van der Waals surface area contributed by atoms with Crippen molar-refractivity contribution in [3.05, 3.63) is 88.6 Å². The molecule has 1 heterocycles. The third-order valence-electron chi connectivity index (χ3n) is 4.38.